The number of likely N-dealkylation sites (tertiary alicyclic amines) is 1. The van der Waals surface area contributed by atoms with E-state index in [9.17, 15) is 13.2 Å². The summed E-state index contributed by atoms with van der Waals surface area (Å²) in [5.74, 6) is -0.601. The van der Waals surface area contributed by atoms with E-state index in [0.717, 1.165) is 0 Å². The monoisotopic (exact) mass is 251 g/mol. The maximum Gasteiger partial charge on any atom is 0.391 e. The maximum atomic E-state index is 12.2. The van der Waals surface area contributed by atoms with Crippen LogP contribution in [0.4, 0.5) is 13.2 Å². The molecule has 1 rings (SSSR count). The first-order valence-electron chi connectivity index (χ1n) is 4.39. The molecule has 14 heavy (non-hydrogen) atoms. The van der Waals surface area contributed by atoms with Gasteiger partial charge in [-0.05, 0) is 25.9 Å². The van der Waals surface area contributed by atoms with E-state index in [1.165, 1.54) is 0 Å². The van der Waals surface area contributed by atoms with Crippen LogP contribution < -0.4 is 0 Å². The summed E-state index contributed by atoms with van der Waals surface area (Å²) in [6, 6.07) is 0. The van der Waals surface area contributed by atoms with E-state index in [2.05, 4.69) is 0 Å². The molecule has 0 aromatic carbocycles. The number of hydrogen-bond donors (Lipinski definition) is 0. The van der Waals surface area contributed by atoms with E-state index < -0.39 is 12.1 Å². The third kappa shape index (κ3) is 4.24. The minimum Gasteiger partial charge on any atom is -0.302 e. The van der Waals surface area contributed by atoms with Crippen LogP contribution in [0.25, 0.3) is 0 Å². The van der Waals surface area contributed by atoms with Crippen LogP contribution in [0.15, 0.2) is 0 Å². The lowest BCUT2D eigenvalue weighted by Crippen LogP contribution is -2.39. The molecule has 0 radical (unpaired) electrons. The van der Waals surface area contributed by atoms with Gasteiger partial charge in [0.25, 0.3) is 0 Å². The first-order chi connectivity index (χ1) is 6.04. The Bertz CT molecular complexity index is 155. The van der Waals surface area contributed by atoms with Crippen molar-refractivity contribution in [3.05, 3.63) is 0 Å². The van der Waals surface area contributed by atoms with Gasteiger partial charge in [0.05, 0.1) is 5.92 Å². The molecule has 0 aromatic heterocycles. The minimum absolute atomic E-state index is 0. The minimum atomic E-state index is -4.01. The number of nitrogens with zero attached hydrogens (tertiary/aromatic N) is 1. The topological polar surface area (TPSA) is 3.24 Å². The van der Waals surface area contributed by atoms with Gasteiger partial charge in [-0.3, -0.25) is 0 Å². The lowest BCUT2D eigenvalue weighted by Gasteiger charge is -2.32. The highest BCUT2D eigenvalue weighted by atomic mass is 35.5. The van der Waals surface area contributed by atoms with Crippen LogP contribution >= 0.6 is 24.0 Å². The summed E-state index contributed by atoms with van der Waals surface area (Å²) in [5, 5.41) is 0. The molecule has 1 heterocycles. The zero-order valence-electron chi connectivity index (χ0n) is 7.69. The fourth-order valence-electron chi connectivity index (χ4n) is 1.60. The fraction of sp³-hybridized carbons (Fsp3) is 1.00. The lowest BCUT2D eigenvalue weighted by molar-refractivity contribution is -0.184. The zero-order valence-corrected chi connectivity index (χ0v) is 9.26. The number of alkyl halides is 4. The number of halogens is 5. The van der Waals surface area contributed by atoms with Crippen molar-refractivity contribution >= 4 is 24.0 Å². The molecule has 0 unspecified atom stereocenters. The first kappa shape index (κ1) is 14.3. The van der Waals surface area contributed by atoms with Crippen molar-refractivity contribution < 1.29 is 13.2 Å². The molecule has 1 saturated heterocycles. The summed E-state index contributed by atoms with van der Waals surface area (Å²) < 4.78 is 36.6. The second-order valence-corrected chi connectivity index (χ2v) is 3.72. The van der Waals surface area contributed by atoms with Crippen molar-refractivity contribution in [2.24, 2.45) is 5.92 Å². The van der Waals surface area contributed by atoms with Crippen LogP contribution in [0.5, 0.6) is 0 Å². The Morgan fingerprint density at radius 3 is 2.07 bits per heavy atom. The molecule has 0 aliphatic carbocycles. The highest BCUT2D eigenvalue weighted by molar-refractivity contribution is 6.18. The van der Waals surface area contributed by atoms with Crippen molar-refractivity contribution in [1.82, 2.24) is 4.90 Å². The third-order valence-corrected chi connectivity index (χ3v) is 2.62. The Morgan fingerprint density at radius 1 is 1.21 bits per heavy atom. The van der Waals surface area contributed by atoms with Crippen LogP contribution in [0.2, 0.25) is 0 Å². The van der Waals surface area contributed by atoms with Gasteiger partial charge in [-0.1, -0.05) is 0 Å². The van der Waals surface area contributed by atoms with E-state index in [1.54, 1.807) is 0 Å². The molecule has 1 aliphatic rings. The van der Waals surface area contributed by atoms with Crippen LogP contribution in [-0.4, -0.2) is 36.6 Å². The smallest absolute Gasteiger partial charge is 0.302 e. The molecule has 1 fully saturated rings. The summed E-state index contributed by atoms with van der Waals surface area (Å²) >= 11 is 5.50. The predicted molar refractivity (Wildman–Crippen MR) is 53.2 cm³/mol. The first-order valence-corrected chi connectivity index (χ1v) is 4.92. The van der Waals surface area contributed by atoms with E-state index in [-0.39, 0.29) is 25.2 Å². The second kappa shape index (κ2) is 6.03. The molecule has 0 atom stereocenters. The molecule has 0 N–H and O–H groups in total. The van der Waals surface area contributed by atoms with Gasteiger partial charge < -0.3 is 4.90 Å². The quantitative estimate of drug-likeness (QED) is 0.683. The van der Waals surface area contributed by atoms with Gasteiger partial charge in [0.1, 0.15) is 0 Å². The van der Waals surface area contributed by atoms with Crippen molar-refractivity contribution in [3.8, 4) is 0 Å². The van der Waals surface area contributed by atoms with Gasteiger partial charge in [-0.25, -0.2) is 0 Å². The van der Waals surface area contributed by atoms with E-state index in [4.69, 9.17) is 11.6 Å². The molecule has 0 spiro atoms. The molecule has 1 nitrogen and oxygen atoms in total. The van der Waals surface area contributed by atoms with Crippen LogP contribution in [-0.2, 0) is 0 Å². The average Bonchev–Trinajstić information content (AvgIpc) is 2.04. The van der Waals surface area contributed by atoms with Gasteiger partial charge in [0, 0.05) is 12.4 Å². The molecule has 0 aromatic rings. The second-order valence-electron chi connectivity index (χ2n) is 3.35. The third-order valence-electron chi connectivity index (χ3n) is 2.45. The Kier molecular flexibility index (Phi) is 6.17. The van der Waals surface area contributed by atoms with Crippen LogP contribution in [0.1, 0.15) is 12.8 Å². The molecular formula is C8H14Cl2F3N. The number of hydrogen-bond acceptors (Lipinski definition) is 1. The van der Waals surface area contributed by atoms with Gasteiger partial charge in [-0.2, -0.15) is 13.2 Å². The van der Waals surface area contributed by atoms with Gasteiger partial charge >= 0.3 is 6.18 Å². The summed E-state index contributed by atoms with van der Waals surface area (Å²) in [5.41, 5.74) is 0. The summed E-state index contributed by atoms with van der Waals surface area (Å²) in [4.78, 5) is 1.98. The Hall–Kier alpha value is 0.330. The van der Waals surface area contributed by atoms with Crippen molar-refractivity contribution in [1.29, 1.82) is 0 Å². The van der Waals surface area contributed by atoms with Crippen molar-refractivity contribution in [2.45, 2.75) is 19.0 Å². The van der Waals surface area contributed by atoms with Gasteiger partial charge in [0.15, 0.2) is 0 Å². The molecule has 1 aliphatic heterocycles. The van der Waals surface area contributed by atoms with Crippen LogP contribution in [0.3, 0.4) is 0 Å². The fourth-order valence-corrected chi connectivity index (χ4v) is 1.84. The van der Waals surface area contributed by atoms with Crippen LogP contribution in [0, 0.1) is 5.92 Å². The SMILES string of the molecule is Cl.FC(F)(F)C1CCN(CCCl)CC1. The molecule has 6 heteroatoms. The highest BCUT2D eigenvalue weighted by Crippen LogP contribution is 2.33. The highest BCUT2D eigenvalue weighted by Gasteiger charge is 2.40. The normalized spacial score (nSPS) is 20.6. The van der Waals surface area contributed by atoms with E-state index in [1.807, 2.05) is 4.90 Å². The molecule has 86 valence electrons. The Labute approximate surface area is 93.0 Å². The zero-order chi connectivity index (χ0) is 9.90. The molecular weight excluding hydrogens is 238 g/mol. The molecule has 0 amide bonds. The standard InChI is InChI=1S/C8H13ClF3N.ClH/c9-3-6-13-4-1-7(2-5-13)8(10,11)12;/h7H,1-6H2;1H. The largest absolute Gasteiger partial charge is 0.391 e. The number of rotatable bonds is 2. The van der Waals surface area contributed by atoms with E-state index in [0.29, 0.717) is 25.5 Å². The predicted octanol–water partition coefficient (Wildman–Crippen LogP) is 2.92. The van der Waals surface area contributed by atoms with Crippen molar-refractivity contribution in [3.63, 3.8) is 0 Å². The maximum absolute atomic E-state index is 12.2. The average molecular weight is 252 g/mol. The van der Waals surface area contributed by atoms with Crippen molar-refractivity contribution in [2.75, 3.05) is 25.5 Å². The lowest BCUT2D eigenvalue weighted by atomic mass is 9.96. The summed E-state index contributed by atoms with van der Waals surface area (Å²) in [6.07, 6.45) is -3.56. The molecule has 0 bridgehead atoms. The Morgan fingerprint density at radius 2 is 1.71 bits per heavy atom. The Balaban J connectivity index is 0.00000169. The number of piperidine rings is 1. The van der Waals surface area contributed by atoms with Gasteiger partial charge in [0.2, 0.25) is 0 Å². The molecule has 0 saturated carbocycles. The summed E-state index contributed by atoms with van der Waals surface area (Å²) in [7, 11) is 0. The summed E-state index contributed by atoms with van der Waals surface area (Å²) in [6.45, 7) is 1.75. The van der Waals surface area contributed by atoms with E-state index >= 15 is 0 Å². The van der Waals surface area contributed by atoms with Gasteiger partial charge in [-0.15, -0.1) is 24.0 Å².